The predicted molar refractivity (Wildman–Crippen MR) is 110 cm³/mol. The Hall–Kier alpha value is -2.14. The molecule has 2 aromatic rings. The molecule has 4 rings (SSSR count). The summed E-state index contributed by atoms with van der Waals surface area (Å²) >= 11 is 0. The topological polar surface area (TPSA) is 56.3 Å². The van der Waals surface area contributed by atoms with Crippen LogP contribution < -0.4 is 14.8 Å². The molecule has 2 fully saturated rings. The van der Waals surface area contributed by atoms with Crippen LogP contribution in [0.25, 0.3) is 0 Å². The van der Waals surface area contributed by atoms with Gasteiger partial charge < -0.3 is 14.8 Å². The molecule has 0 aromatic carbocycles. The number of rotatable bonds is 5. The molecule has 5 heteroatoms. The molecule has 1 spiro atoms. The van der Waals surface area contributed by atoms with E-state index in [4.69, 9.17) is 9.47 Å². The standard InChI is InChI=1S/C23H31N3O2/c1-17(2)28-21-12-19(14-25-16-21)23(18-11-20(27-3)15-24-13-18)8-6-22(7-9-23)5-4-10-26-22/h11-17,26H,4-10H2,1-3H3. The molecular formula is C23H31N3O2. The zero-order valence-electron chi connectivity index (χ0n) is 17.2. The van der Waals surface area contributed by atoms with Gasteiger partial charge in [-0.25, -0.2) is 0 Å². The Labute approximate surface area is 167 Å². The van der Waals surface area contributed by atoms with Crippen molar-refractivity contribution in [3.63, 3.8) is 0 Å². The highest BCUT2D eigenvalue weighted by atomic mass is 16.5. The molecule has 2 aromatic heterocycles. The van der Waals surface area contributed by atoms with E-state index in [1.165, 1.54) is 36.8 Å². The van der Waals surface area contributed by atoms with Gasteiger partial charge in [0.2, 0.25) is 0 Å². The fraction of sp³-hybridized carbons (Fsp3) is 0.565. The van der Waals surface area contributed by atoms with Crippen LogP contribution in [-0.4, -0.2) is 35.3 Å². The van der Waals surface area contributed by atoms with Gasteiger partial charge in [-0.05, 0) is 82.2 Å². The maximum Gasteiger partial charge on any atom is 0.138 e. The minimum absolute atomic E-state index is 0.111. The summed E-state index contributed by atoms with van der Waals surface area (Å²) in [6, 6.07) is 4.32. The van der Waals surface area contributed by atoms with Gasteiger partial charge in [0, 0.05) is 23.3 Å². The minimum atomic E-state index is -0.111. The van der Waals surface area contributed by atoms with Crippen molar-refractivity contribution in [1.29, 1.82) is 0 Å². The number of aromatic nitrogens is 2. The number of pyridine rings is 2. The third kappa shape index (κ3) is 3.60. The number of hydrogen-bond acceptors (Lipinski definition) is 5. The van der Waals surface area contributed by atoms with Crippen molar-refractivity contribution in [3.05, 3.63) is 48.0 Å². The van der Waals surface area contributed by atoms with Crippen LogP contribution in [0.5, 0.6) is 11.5 Å². The lowest BCUT2D eigenvalue weighted by Gasteiger charge is -2.45. The molecule has 0 bridgehead atoms. The highest BCUT2D eigenvalue weighted by Crippen LogP contribution is 2.50. The van der Waals surface area contributed by atoms with Gasteiger partial charge in [0.15, 0.2) is 0 Å². The molecule has 0 radical (unpaired) electrons. The molecule has 28 heavy (non-hydrogen) atoms. The molecule has 0 unspecified atom stereocenters. The van der Waals surface area contributed by atoms with Crippen LogP contribution in [0.15, 0.2) is 36.9 Å². The lowest BCUT2D eigenvalue weighted by atomic mass is 9.61. The average molecular weight is 382 g/mol. The largest absolute Gasteiger partial charge is 0.495 e. The summed E-state index contributed by atoms with van der Waals surface area (Å²) in [5, 5.41) is 3.79. The number of methoxy groups -OCH3 is 1. The van der Waals surface area contributed by atoms with Crippen molar-refractivity contribution in [2.75, 3.05) is 13.7 Å². The molecule has 0 amide bonds. The van der Waals surface area contributed by atoms with Crippen LogP contribution in [0.4, 0.5) is 0 Å². The zero-order valence-corrected chi connectivity index (χ0v) is 17.2. The second-order valence-electron chi connectivity index (χ2n) is 8.58. The molecule has 3 heterocycles. The Bertz CT molecular complexity index is 805. The lowest BCUT2D eigenvalue weighted by molar-refractivity contribution is 0.202. The van der Waals surface area contributed by atoms with Gasteiger partial charge in [-0.1, -0.05) is 0 Å². The number of hydrogen-bond donors (Lipinski definition) is 1. The van der Waals surface area contributed by atoms with Crippen LogP contribution in [0.3, 0.4) is 0 Å². The number of nitrogens with zero attached hydrogens (tertiary/aromatic N) is 2. The fourth-order valence-electron chi connectivity index (χ4n) is 5.00. The SMILES string of the molecule is COc1cncc(C2(c3cncc(OC(C)C)c3)CCC3(CCCN3)CC2)c1. The van der Waals surface area contributed by atoms with Gasteiger partial charge in [0.05, 0.1) is 25.6 Å². The Kier molecular flexibility index (Phi) is 5.28. The third-order valence-electron chi connectivity index (χ3n) is 6.53. The van der Waals surface area contributed by atoms with Crippen LogP contribution in [0.2, 0.25) is 0 Å². The predicted octanol–water partition coefficient (Wildman–Crippen LogP) is 4.25. The van der Waals surface area contributed by atoms with E-state index in [0.29, 0.717) is 5.54 Å². The summed E-state index contributed by atoms with van der Waals surface area (Å²) in [6.45, 7) is 5.24. The van der Waals surface area contributed by atoms with Gasteiger partial charge in [-0.2, -0.15) is 0 Å². The van der Waals surface area contributed by atoms with Gasteiger partial charge in [0.1, 0.15) is 11.5 Å². The fourth-order valence-corrected chi connectivity index (χ4v) is 5.00. The zero-order chi connectivity index (χ0) is 19.6. The highest BCUT2D eigenvalue weighted by molar-refractivity contribution is 5.43. The van der Waals surface area contributed by atoms with Crippen LogP contribution in [0.1, 0.15) is 63.5 Å². The average Bonchev–Trinajstić information content (AvgIpc) is 3.17. The van der Waals surface area contributed by atoms with Crippen LogP contribution >= 0.6 is 0 Å². The second kappa shape index (κ2) is 7.70. The smallest absolute Gasteiger partial charge is 0.138 e. The molecule has 1 aliphatic heterocycles. The van der Waals surface area contributed by atoms with Crippen molar-refractivity contribution in [1.82, 2.24) is 15.3 Å². The van der Waals surface area contributed by atoms with E-state index in [1.54, 1.807) is 13.3 Å². The van der Waals surface area contributed by atoms with Gasteiger partial charge >= 0.3 is 0 Å². The summed E-state index contributed by atoms with van der Waals surface area (Å²) in [5.74, 6) is 1.64. The van der Waals surface area contributed by atoms with E-state index in [-0.39, 0.29) is 11.5 Å². The van der Waals surface area contributed by atoms with Crippen molar-refractivity contribution in [3.8, 4) is 11.5 Å². The second-order valence-corrected chi connectivity index (χ2v) is 8.58. The quantitative estimate of drug-likeness (QED) is 0.839. The molecule has 1 N–H and O–H groups in total. The molecule has 150 valence electrons. The molecule has 0 atom stereocenters. The Morgan fingerprint density at radius 1 is 0.893 bits per heavy atom. The highest BCUT2D eigenvalue weighted by Gasteiger charge is 2.46. The summed E-state index contributed by atoms with van der Waals surface area (Å²) in [6.07, 6.45) is 14.8. The first kappa shape index (κ1) is 19.2. The van der Waals surface area contributed by atoms with E-state index in [2.05, 4.69) is 27.4 Å². The number of ether oxygens (including phenoxy) is 2. The Balaban J connectivity index is 1.74. The van der Waals surface area contributed by atoms with Gasteiger partial charge in [0.25, 0.3) is 0 Å². The van der Waals surface area contributed by atoms with Crippen LogP contribution in [0, 0.1) is 0 Å². The molecule has 5 nitrogen and oxygen atoms in total. The lowest BCUT2D eigenvalue weighted by Crippen LogP contribution is -2.47. The third-order valence-corrected chi connectivity index (χ3v) is 6.53. The molecule has 2 aliphatic rings. The Morgan fingerprint density at radius 2 is 1.54 bits per heavy atom. The summed E-state index contributed by atoms with van der Waals surface area (Å²) in [5.41, 5.74) is 2.63. The van der Waals surface area contributed by atoms with Crippen molar-refractivity contribution in [2.45, 2.75) is 69.4 Å². The summed E-state index contributed by atoms with van der Waals surface area (Å²) in [4.78, 5) is 8.99. The van der Waals surface area contributed by atoms with Crippen molar-refractivity contribution < 1.29 is 9.47 Å². The number of nitrogens with one attached hydrogen (secondary N) is 1. The molecule has 1 saturated heterocycles. The Morgan fingerprint density at radius 3 is 2.11 bits per heavy atom. The van der Waals surface area contributed by atoms with Gasteiger partial charge in [-0.15, -0.1) is 0 Å². The minimum Gasteiger partial charge on any atom is -0.495 e. The van der Waals surface area contributed by atoms with E-state index < -0.39 is 0 Å². The first-order valence-corrected chi connectivity index (χ1v) is 10.4. The first-order valence-electron chi connectivity index (χ1n) is 10.4. The van der Waals surface area contributed by atoms with Crippen molar-refractivity contribution >= 4 is 0 Å². The van der Waals surface area contributed by atoms with Crippen molar-refractivity contribution in [2.24, 2.45) is 0 Å². The monoisotopic (exact) mass is 381 g/mol. The normalized spacial score (nSPS) is 27.3. The van der Waals surface area contributed by atoms with E-state index in [1.807, 2.05) is 32.4 Å². The summed E-state index contributed by atoms with van der Waals surface area (Å²) in [7, 11) is 1.70. The maximum absolute atomic E-state index is 5.95. The van der Waals surface area contributed by atoms with E-state index in [9.17, 15) is 0 Å². The van der Waals surface area contributed by atoms with E-state index in [0.717, 1.165) is 30.9 Å². The maximum atomic E-state index is 5.95. The van der Waals surface area contributed by atoms with E-state index >= 15 is 0 Å². The van der Waals surface area contributed by atoms with Gasteiger partial charge in [-0.3, -0.25) is 9.97 Å². The van der Waals surface area contributed by atoms with Crippen LogP contribution in [-0.2, 0) is 5.41 Å². The molecular weight excluding hydrogens is 350 g/mol. The molecule has 1 saturated carbocycles. The first-order chi connectivity index (χ1) is 13.6. The molecule has 1 aliphatic carbocycles. The summed E-state index contributed by atoms with van der Waals surface area (Å²) < 4.78 is 11.4.